The van der Waals surface area contributed by atoms with Crippen molar-refractivity contribution in [2.75, 3.05) is 0 Å². The van der Waals surface area contributed by atoms with E-state index in [0.717, 1.165) is 6.42 Å². The van der Waals surface area contributed by atoms with Gasteiger partial charge in [0.25, 0.3) is 0 Å². The van der Waals surface area contributed by atoms with Crippen LogP contribution < -0.4 is 0 Å². The molecule has 0 unspecified atom stereocenters. The van der Waals surface area contributed by atoms with Crippen molar-refractivity contribution in [1.82, 2.24) is 0 Å². The van der Waals surface area contributed by atoms with Crippen molar-refractivity contribution in [2.24, 2.45) is 0 Å². The van der Waals surface area contributed by atoms with Gasteiger partial charge in [-0.1, -0.05) is 64.7 Å². The van der Waals surface area contributed by atoms with Crippen LogP contribution in [-0.2, 0) is 0 Å². The quantitative estimate of drug-likeness (QED) is 0.344. The van der Waals surface area contributed by atoms with E-state index >= 15 is 0 Å². The highest BCUT2D eigenvalue weighted by molar-refractivity contribution is 5.00. The van der Waals surface area contributed by atoms with E-state index in [9.17, 15) is 0 Å². The molecule has 0 aromatic carbocycles. The molecule has 0 aromatic heterocycles. The molecule has 15 heavy (non-hydrogen) atoms. The van der Waals surface area contributed by atoms with E-state index < -0.39 is 0 Å². The first-order valence-electron chi connectivity index (χ1n) is 6.66. The molecule has 0 saturated heterocycles. The largest absolute Gasteiger partial charge is 0.103 e. The lowest BCUT2D eigenvalue weighted by Gasteiger charge is -2.00. The zero-order chi connectivity index (χ0) is 11.2. The van der Waals surface area contributed by atoms with E-state index in [1.165, 1.54) is 64.2 Å². The van der Waals surface area contributed by atoms with Gasteiger partial charge in [0, 0.05) is 13.3 Å². The number of hydrogen-bond donors (Lipinski definition) is 0. The van der Waals surface area contributed by atoms with Gasteiger partial charge in [-0.25, -0.2) is 0 Å². The lowest BCUT2D eigenvalue weighted by Crippen LogP contribution is -1.81. The van der Waals surface area contributed by atoms with E-state index in [1.54, 1.807) is 0 Å². The lowest BCUT2D eigenvalue weighted by molar-refractivity contribution is 0.558. The van der Waals surface area contributed by atoms with Gasteiger partial charge in [0.05, 0.1) is 0 Å². The fraction of sp³-hybridized carbons (Fsp3) is 0.800. The van der Waals surface area contributed by atoms with Crippen LogP contribution in [0.1, 0.15) is 77.6 Å². The Morgan fingerprint density at radius 1 is 0.733 bits per heavy atom. The zero-order valence-electron chi connectivity index (χ0n) is 10.5. The maximum atomic E-state index is 3.51. The Kier molecular flexibility index (Phi) is 13.2. The molecule has 0 aromatic rings. The Bertz CT molecular complexity index is 159. The highest BCUT2D eigenvalue weighted by atomic mass is 14.0. The van der Waals surface area contributed by atoms with Gasteiger partial charge < -0.3 is 0 Å². The van der Waals surface area contributed by atoms with Crippen LogP contribution in [-0.4, -0.2) is 0 Å². The van der Waals surface area contributed by atoms with Gasteiger partial charge in [-0.3, -0.25) is 0 Å². The molecule has 0 nitrogen and oxygen atoms in total. The summed E-state index contributed by atoms with van der Waals surface area (Å²) in [6.07, 6.45) is 15.0. The van der Waals surface area contributed by atoms with Crippen LogP contribution in [0.4, 0.5) is 0 Å². The third kappa shape index (κ3) is 13.6. The van der Waals surface area contributed by atoms with Crippen LogP contribution >= 0.6 is 0 Å². The number of rotatable bonds is 10. The van der Waals surface area contributed by atoms with Crippen molar-refractivity contribution in [3.8, 4) is 11.8 Å². The number of unbranched alkanes of at least 4 members (excludes halogenated alkanes) is 10. The summed E-state index contributed by atoms with van der Waals surface area (Å²) in [4.78, 5) is 0. The predicted octanol–water partition coefficient (Wildman–Crippen LogP) is 5.13. The molecule has 0 heterocycles. The fourth-order valence-electron chi connectivity index (χ4n) is 1.79. The molecule has 87 valence electrons. The smallest absolute Gasteiger partial charge is 0.0198 e. The zero-order valence-corrected chi connectivity index (χ0v) is 10.5. The van der Waals surface area contributed by atoms with E-state index in [4.69, 9.17) is 0 Å². The van der Waals surface area contributed by atoms with Crippen LogP contribution in [0.2, 0.25) is 0 Å². The Labute approximate surface area is 96.8 Å². The summed E-state index contributed by atoms with van der Waals surface area (Å²) in [7, 11) is 0. The molecule has 0 bridgehead atoms. The van der Waals surface area contributed by atoms with Crippen molar-refractivity contribution in [3.05, 3.63) is 6.92 Å². The van der Waals surface area contributed by atoms with E-state index in [1.807, 2.05) is 0 Å². The monoisotopic (exact) mass is 207 g/mol. The minimum atomic E-state index is 1.04. The van der Waals surface area contributed by atoms with Crippen molar-refractivity contribution in [3.63, 3.8) is 0 Å². The predicted molar refractivity (Wildman–Crippen MR) is 69.6 cm³/mol. The summed E-state index contributed by atoms with van der Waals surface area (Å²) >= 11 is 0. The van der Waals surface area contributed by atoms with E-state index in [-0.39, 0.29) is 0 Å². The third-order valence-electron chi connectivity index (χ3n) is 2.78. The fourth-order valence-corrected chi connectivity index (χ4v) is 1.79. The molecular formula is C15H27. The normalized spacial score (nSPS) is 9.73. The summed E-state index contributed by atoms with van der Waals surface area (Å²) in [5.74, 6) is 5.71. The highest BCUT2D eigenvalue weighted by Gasteiger charge is 1.91. The second kappa shape index (κ2) is 13.6. The van der Waals surface area contributed by atoms with Crippen LogP contribution in [0, 0.1) is 18.8 Å². The van der Waals surface area contributed by atoms with Crippen molar-refractivity contribution in [1.29, 1.82) is 0 Å². The van der Waals surface area contributed by atoms with Gasteiger partial charge in [-0.2, -0.15) is 0 Å². The SMILES string of the molecule is [CH2]C#CCCCCCCCCCCCC. The van der Waals surface area contributed by atoms with Gasteiger partial charge in [0.1, 0.15) is 0 Å². The molecule has 0 aliphatic carbocycles. The third-order valence-corrected chi connectivity index (χ3v) is 2.78. The molecule has 0 aliphatic rings. The maximum absolute atomic E-state index is 3.51. The van der Waals surface area contributed by atoms with Crippen LogP contribution in [0.3, 0.4) is 0 Å². The van der Waals surface area contributed by atoms with E-state index in [0.29, 0.717) is 0 Å². The molecule has 0 heteroatoms. The standard InChI is InChI=1S/C15H27/c1-3-5-7-9-11-13-15-14-12-10-8-6-4-2/h1,4,6-15H2,2H3. The molecule has 0 N–H and O–H groups in total. The summed E-state index contributed by atoms with van der Waals surface area (Å²) in [6.45, 7) is 5.78. The summed E-state index contributed by atoms with van der Waals surface area (Å²) in [5, 5.41) is 0. The Balaban J connectivity index is 2.88. The Hall–Kier alpha value is -0.440. The van der Waals surface area contributed by atoms with Crippen LogP contribution in [0.25, 0.3) is 0 Å². The number of hydrogen-bond acceptors (Lipinski definition) is 0. The average molecular weight is 207 g/mol. The lowest BCUT2D eigenvalue weighted by atomic mass is 10.1. The molecule has 0 aliphatic heterocycles. The van der Waals surface area contributed by atoms with Crippen molar-refractivity contribution < 1.29 is 0 Å². The van der Waals surface area contributed by atoms with Crippen molar-refractivity contribution in [2.45, 2.75) is 77.6 Å². The summed E-state index contributed by atoms with van der Waals surface area (Å²) in [5.41, 5.74) is 0. The van der Waals surface area contributed by atoms with Gasteiger partial charge in [-0.05, 0) is 6.42 Å². The molecule has 0 saturated carbocycles. The molecule has 0 rings (SSSR count). The first-order chi connectivity index (χ1) is 7.41. The molecule has 1 radical (unpaired) electrons. The summed E-state index contributed by atoms with van der Waals surface area (Å²) in [6, 6.07) is 0. The van der Waals surface area contributed by atoms with Crippen molar-refractivity contribution >= 4 is 0 Å². The van der Waals surface area contributed by atoms with Gasteiger partial charge in [0.15, 0.2) is 0 Å². The summed E-state index contributed by atoms with van der Waals surface area (Å²) < 4.78 is 0. The maximum Gasteiger partial charge on any atom is 0.0198 e. The second-order valence-corrected chi connectivity index (χ2v) is 4.29. The van der Waals surface area contributed by atoms with Gasteiger partial charge in [-0.15, -0.1) is 11.8 Å². The molecular weight excluding hydrogens is 180 g/mol. The molecule has 0 atom stereocenters. The van der Waals surface area contributed by atoms with E-state index in [2.05, 4.69) is 25.7 Å². The molecule has 0 amide bonds. The first kappa shape index (κ1) is 14.6. The highest BCUT2D eigenvalue weighted by Crippen LogP contribution is 2.10. The minimum Gasteiger partial charge on any atom is -0.103 e. The van der Waals surface area contributed by atoms with Gasteiger partial charge in [0.2, 0.25) is 0 Å². The van der Waals surface area contributed by atoms with Crippen LogP contribution in [0.5, 0.6) is 0 Å². The second-order valence-electron chi connectivity index (χ2n) is 4.29. The first-order valence-corrected chi connectivity index (χ1v) is 6.66. The molecule has 0 fully saturated rings. The van der Waals surface area contributed by atoms with Crippen LogP contribution in [0.15, 0.2) is 0 Å². The molecule has 0 spiro atoms. The minimum absolute atomic E-state index is 1.04. The topological polar surface area (TPSA) is 0 Å². The Morgan fingerprint density at radius 2 is 1.20 bits per heavy atom. The van der Waals surface area contributed by atoms with Gasteiger partial charge >= 0.3 is 0 Å². The average Bonchev–Trinajstić information content (AvgIpc) is 2.26. The Morgan fingerprint density at radius 3 is 1.67 bits per heavy atom.